The van der Waals surface area contributed by atoms with E-state index < -0.39 is 4.92 Å². The van der Waals surface area contributed by atoms with E-state index in [0.717, 1.165) is 6.07 Å². The smallest absolute Gasteiger partial charge is 0.282 e. The Morgan fingerprint density at radius 2 is 2.14 bits per heavy atom. The molecule has 150 valence electrons. The highest BCUT2D eigenvalue weighted by Gasteiger charge is 2.18. The minimum absolute atomic E-state index is 0.0138. The SMILES string of the molecule is CCOc1ccccc1-c1n[nH]c(=S)n1/N=C\c1cc(O)c(OC)cc1[N+](=O)[O-]. The number of rotatable bonds is 7. The van der Waals surface area contributed by atoms with Crippen LogP contribution in [0.25, 0.3) is 11.4 Å². The number of nitro groups is 1. The number of methoxy groups -OCH3 is 1. The Balaban J connectivity index is 2.09. The number of aromatic nitrogens is 3. The summed E-state index contributed by atoms with van der Waals surface area (Å²) in [5.74, 6) is 0.696. The Hall–Kier alpha value is -3.73. The van der Waals surface area contributed by atoms with Crippen molar-refractivity contribution in [3.63, 3.8) is 0 Å². The highest BCUT2D eigenvalue weighted by Crippen LogP contribution is 2.33. The summed E-state index contributed by atoms with van der Waals surface area (Å²) >= 11 is 5.23. The number of phenolic OH excluding ortho intramolecular Hbond substituents is 1. The van der Waals surface area contributed by atoms with Crippen molar-refractivity contribution in [3.8, 4) is 28.6 Å². The van der Waals surface area contributed by atoms with Gasteiger partial charge in [-0.05, 0) is 37.3 Å². The van der Waals surface area contributed by atoms with Gasteiger partial charge in [-0.15, -0.1) is 0 Å². The maximum atomic E-state index is 11.4. The molecular weight excluding hydrogens is 398 g/mol. The van der Waals surface area contributed by atoms with Gasteiger partial charge < -0.3 is 14.6 Å². The van der Waals surface area contributed by atoms with Crippen LogP contribution in [-0.2, 0) is 0 Å². The zero-order valence-electron chi connectivity index (χ0n) is 15.5. The van der Waals surface area contributed by atoms with Gasteiger partial charge in [0.1, 0.15) is 5.75 Å². The second-order valence-electron chi connectivity index (χ2n) is 5.68. The first-order valence-corrected chi connectivity index (χ1v) is 8.86. The Morgan fingerprint density at radius 1 is 1.38 bits per heavy atom. The number of hydrogen-bond donors (Lipinski definition) is 2. The monoisotopic (exact) mass is 415 g/mol. The van der Waals surface area contributed by atoms with Crippen molar-refractivity contribution >= 4 is 24.1 Å². The topological polar surface area (TPSA) is 128 Å². The van der Waals surface area contributed by atoms with Crippen LogP contribution < -0.4 is 9.47 Å². The number of phenols is 1. The summed E-state index contributed by atoms with van der Waals surface area (Å²) in [5, 5.41) is 32.4. The molecule has 3 aromatic rings. The number of nitrogens with zero attached hydrogens (tertiary/aromatic N) is 4. The van der Waals surface area contributed by atoms with Crippen molar-refractivity contribution in [2.24, 2.45) is 5.10 Å². The minimum Gasteiger partial charge on any atom is -0.504 e. The molecule has 0 amide bonds. The number of H-pyrrole nitrogens is 1. The summed E-state index contributed by atoms with van der Waals surface area (Å²) < 4.78 is 12.0. The number of nitro benzene ring substituents is 1. The van der Waals surface area contributed by atoms with Crippen LogP contribution in [0.1, 0.15) is 12.5 Å². The summed E-state index contributed by atoms with van der Waals surface area (Å²) in [6.07, 6.45) is 1.22. The van der Waals surface area contributed by atoms with E-state index in [1.165, 1.54) is 24.1 Å². The number of ether oxygens (including phenoxy) is 2. The lowest BCUT2D eigenvalue weighted by molar-refractivity contribution is -0.385. The summed E-state index contributed by atoms with van der Waals surface area (Å²) in [7, 11) is 1.30. The Morgan fingerprint density at radius 3 is 2.83 bits per heavy atom. The van der Waals surface area contributed by atoms with Crippen LogP contribution in [0.3, 0.4) is 0 Å². The fourth-order valence-electron chi connectivity index (χ4n) is 2.62. The number of aromatic hydroxyl groups is 1. The van der Waals surface area contributed by atoms with Crippen molar-refractivity contribution in [1.82, 2.24) is 14.9 Å². The first-order valence-electron chi connectivity index (χ1n) is 8.45. The molecule has 0 atom stereocenters. The number of nitrogens with one attached hydrogen (secondary N) is 1. The maximum absolute atomic E-state index is 11.4. The van der Waals surface area contributed by atoms with Gasteiger partial charge in [0.25, 0.3) is 5.69 Å². The van der Waals surface area contributed by atoms with E-state index in [1.54, 1.807) is 12.1 Å². The Labute approximate surface area is 170 Å². The second-order valence-corrected chi connectivity index (χ2v) is 6.06. The van der Waals surface area contributed by atoms with Gasteiger partial charge in [-0.3, -0.25) is 10.1 Å². The molecule has 0 bridgehead atoms. The lowest BCUT2D eigenvalue weighted by atomic mass is 10.1. The van der Waals surface area contributed by atoms with Gasteiger partial charge in [0.05, 0.1) is 42.0 Å². The van der Waals surface area contributed by atoms with E-state index in [0.29, 0.717) is 23.7 Å². The first-order chi connectivity index (χ1) is 14.0. The zero-order valence-corrected chi connectivity index (χ0v) is 16.3. The number of benzene rings is 2. The third kappa shape index (κ3) is 4.09. The fraction of sp³-hybridized carbons (Fsp3) is 0.167. The minimum atomic E-state index is -0.594. The van der Waals surface area contributed by atoms with Crippen LogP contribution in [0.15, 0.2) is 41.5 Å². The van der Waals surface area contributed by atoms with Crippen molar-refractivity contribution in [1.29, 1.82) is 0 Å². The predicted octanol–water partition coefficient (Wildman–Crippen LogP) is 3.51. The molecule has 0 radical (unpaired) electrons. The van der Waals surface area contributed by atoms with Crippen molar-refractivity contribution in [3.05, 3.63) is 56.8 Å². The molecule has 1 heterocycles. The Bertz CT molecular complexity index is 1140. The van der Waals surface area contributed by atoms with Crippen LogP contribution in [0.5, 0.6) is 17.2 Å². The molecular formula is C18H17N5O5S. The van der Waals surface area contributed by atoms with E-state index in [2.05, 4.69) is 15.3 Å². The number of aromatic amines is 1. The number of hydrogen-bond acceptors (Lipinski definition) is 8. The first kappa shape index (κ1) is 20.0. The normalized spacial score (nSPS) is 11.0. The van der Waals surface area contributed by atoms with Gasteiger partial charge in [-0.1, -0.05) is 12.1 Å². The van der Waals surface area contributed by atoms with E-state index in [-0.39, 0.29) is 27.5 Å². The molecule has 2 aromatic carbocycles. The molecule has 0 saturated carbocycles. The van der Waals surface area contributed by atoms with E-state index in [9.17, 15) is 15.2 Å². The fourth-order valence-corrected chi connectivity index (χ4v) is 2.80. The molecule has 0 aliphatic heterocycles. The van der Waals surface area contributed by atoms with Crippen molar-refractivity contribution in [2.45, 2.75) is 6.92 Å². The summed E-state index contributed by atoms with van der Waals surface area (Å²) in [5.41, 5.74) is 0.432. The van der Waals surface area contributed by atoms with Gasteiger partial charge in [0.2, 0.25) is 4.77 Å². The van der Waals surface area contributed by atoms with Gasteiger partial charge in [0.15, 0.2) is 17.3 Å². The predicted molar refractivity (Wildman–Crippen MR) is 108 cm³/mol. The average molecular weight is 415 g/mol. The highest BCUT2D eigenvalue weighted by molar-refractivity contribution is 7.71. The molecule has 2 N–H and O–H groups in total. The molecule has 0 spiro atoms. The zero-order chi connectivity index (χ0) is 21.0. The largest absolute Gasteiger partial charge is 0.504 e. The second kappa shape index (κ2) is 8.52. The maximum Gasteiger partial charge on any atom is 0.282 e. The van der Waals surface area contributed by atoms with Crippen LogP contribution in [0.4, 0.5) is 5.69 Å². The molecule has 0 aliphatic carbocycles. The van der Waals surface area contributed by atoms with Gasteiger partial charge >= 0.3 is 0 Å². The quantitative estimate of drug-likeness (QED) is 0.261. The number of para-hydroxylation sites is 1. The van der Waals surface area contributed by atoms with Crippen molar-refractivity contribution < 1.29 is 19.5 Å². The van der Waals surface area contributed by atoms with Crippen LogP contribution in [0, 0.1) is 14.9 Å². The molecule has 0 unspecified atom stereocenters. The molecule has 29 heavy (non-hydrogen) atoms. The van der Waals surface area contributed by atoms with Gasteiger partial charge in [-0.25, -0.2) is 5.10 Å². The highest BCUT2D eigenvalue weighted by atomic mass is 32.1. The van der Waals surface area contributed by atoms with E-state index in [1.807, 2.05) is 19.1 Å². The van der Waals surface area contributed by atoms with Crippen LogP contribution in [-0.4, -0.2) is 44.8 Å². The molecule has 0 aliphatic rings. The summed E-state index contributed by atoms with van der Waals surface area (Å²) in [4.78, 5) is 10.8. The third-order valence-electron chi connectivity index (χ3n) is 3.92. The molecule has 0 fully saturated rings. The van der Waals surface area contributed by atoms with Crippen LogP contribution in [0.2, 0.25) is 0 Å². The van der Waals surface area contributed by atoms with Gasteiger partial charge in [-0.2, -0.15) is 14.9 Å². The standard InChI is InChI=1S/C18H17N5O5S/c1-3-28-15-7-5-4-6-12(15)17-20-21-18(29)22(17)19-10-11-8-14(24)16(27-2)9-13(11)23(25)26/h4-10,24H,3H2,1-2H3,(H,21,29)/b19-10-. The molecule has 3 rings (SSSR count). The molecule has 0 saturated heterocycles. The van der Waals surface area contributed by atoms with Crippen LogP contribution >= 0.6 is 12.2 Å². The van der Waals surface area contributed by atoms with Crippen molar-refractivity contribution in [2.75, 3.05) is 13.7 Å². The van der Waals surface area contributed by atoms with Gasteiger partial charge in [0, 0.05) is 0 Å². The molecule has 10 nitrogen and oxygen atoms in total. The summed E-state index contributed by atoms with van der Waals surface area (Å²) in [6, 6.07) is 9.54. The molecule has 11 heteroatoms. The van der Waals surface area contributed by atoms with E-state index >= 15 is 0 Å². The third-order valence-corrected chi connectivity index (χ3v) is 4.18. The average Bonchev–Trinajstić information content (AvgIpc) is 3.07. The van der Waals surface area contributed by atoms with E-state index in [4.69, 9.17) is 21.7 Å². The Kier molecular flexibility index (Phi) is 5.88. The molecule has 1 aromatic heterocycles. The summed E-state index contributed by atoms with van der Waals surface area (Å²) in [6.45, 7) is 2.32. The lowest BCUT2D eigenvalue weighted by Crippen LogP contribution is -2.00. The lowest BCUT2D eigenvalue weighted by Gasteiger charge is -2.09.